The molecule has 0 aliphatic carbocycles. The van der Waals surface area contributed by atoms with E-state index in [-0.39, 0.29) is 25.2 Å². The molecule has 0 heterocycles. The molecule has 5 heteroatoms. The average Bonchev–Trinajstić information content (AvgIpc) is 2.63. The lowest BCUT2D eigenvalue weighted by molar-refractivity contribution is -0.134. The number of hydrogen-bond acceptors (Lipinski definition) is 4. The van der Waals surface area contributed by atoms with Crippen LogP contribution in [0.3, 0.4) is 0 Å². The molecule has 0 fully saturated rings. The first kappa shape index (κ1) is 19.6. The number of hydrogen-bond donors (Lipinski definition) is 2. The molecule has 2 rings (SSSR count). The van der Waals surface area contributed by atoms with Crippen molar-refractivity contribution in [2.45, 2.75) is 44.6 Å². The molecule has 0 saturated heterocycles. The number of carbonyl (C=O) groups is 1. The topological polar surface area (TPSA) is 84.6 Å². The number of amides is 1. The summed E-state index contributed by atoms with van der Waals surface area (Å²) in [5, 5.41) is 28.3. The first-order valence-electron chi connectivity index (χ1n) is 8.67. The van der Waals surface area contributed by atoms with Crippen molar-refractivity contribution >= 4 is 5.91 Å². The number of benzene rings is 2. The summed E-state index contributed by atoms with van der Waals surface area (Å²) in [7, 11) is 0. The maximum Gasteiger partial charge on any atom is 0.225 e. The third-order valence-corrected chi connectivity index (χ3v) is 4.07. The molecule has 0 aliphatic rings. The summed E-state index contributed by atoms with van der Waals surface area (Å²) in [6.45, 7) is 0.893. The van der Waals surface area contributed by atoms with Crippen molar-refractivity contribution in [2.75, 3.05) is 0 Å². The fraction of sp³-hybridized carbons (Fsp3) is 0.333. The van der Waals surface area contributed by atoms with Gasteiger partial charge in [0.15, 0.2) is 0 Å². The van der Waals surface area contributed by atoms with Gasteiger partial charge in [0, 0.05) is 19.5 Å². The SMILES string of the molecule is N#CC[C@@H](O)C[C@@H](O)CC(=O)N(Cc1ccccc1)Cc1ccccc1. The standard InChI is InChI=1S/C21H24N2O3/c22-12-11-19(24)13-20(25)14-21(26)23(15-17-7-3-1-4-8-17)16-18-9-5-2-6-10-18/h1-10,19-20,24-25H,11,13-16H2/t19-,20-/m1/s1. The van der Waals surface area contributed by atoms with E-state index in [1.165, 1.54) is 0 Å². The Bertz CT molecular complexity index is 672. The van der Waals surface area contributed by atoms with Crippen molar-refractivity contribution in [1.82, 2.24) is 4.90 Å². The predicted octanol–water partition coefficient (Wildman–Crippen LogP) is 2.63. The summed E-state index contributed by atoms with van der Waals surface area (Å²) >= 11 is 0. The minimum absolute atomic E-state index is 0.0177. The second-order valence-corrected chi connectivity index (χ2v) is 6.33. The Balaban J connectivity index is 2.04. The first-order valence-corrected chi connectivity index (χ1v) is 8.67. The molecule has 0 aromatic heterocycles. The molecule has 2 N–H and O–H groups in total. The predicted molar refractivity (Wildman–Crippen MR) is 98.6 cm³/mol. The minimum Gasteiger partial charge on any atom is -0.392 e. The molecule has 2 atom stereocenters. The van der Waals surface area contributed by atoms with Gasteiger partial charge >= 0.3 is 0 Å². The number of aliphatic hydroxyl groups is 2. The van der Waals surface area contributed by atoms with Crippen molar-refractivity contribution in [3.05, 3.63) is 71.8 Å². The van der Waals surface area contributed by atoms with Gasteiger partial charge in [0.1, 0.15) is 0 Å². The summed E-state index contributed by atoms with van der Waals surface area (Å²) in [6.07, 6.45) is -2.01. The van der Waals surface area contributed by atoms with Gasteiger partial charge in [0.25, 0.3) is 0 Å². The molecule has 1 amide bonds. The highest BCUT2D eigenvalue weighted by atomic mass is 16.3. The van der Waals surface area contributed by atoms with E-state index in [0.29, 0.717) is 13.1 Å². The van der Waals surface area contributed by atoms with E-state index in [0.717, 1.165) is 11.1 Å². The Morgan fingerprint density at radius 3 is 1.88 bits per heavy atom. The van der Waals surface area contributed by atoms with Crippen LogP contribution in [-0.4, -0.2) is 33.2 Å². The van der Waals surface area contributed by atoms with Gasteiger partial charge in [-0.25, -0.2) is 0 Å². The largest absolute Gasteiger partial charge is 0.392 e. The normalized spacial score (nSPS) is 12.8. The van der Waals surface area contributed by atoms with Gasteiger partial charge in [-0.05, 0) is 11.1 Å². The van der Waals surface area contributed by atoms with Gasteiger partial charge in [-0.15, -0.1) is 0 Å². The van der Waals surface area contributed by atoms with Crippen LogP contribution in [0.15, 0.2) is 60.7 Å². The molecule has 0 saturated carbocycles. The number of rotatable bonds is 9. The molecule has 2 aromatic rings. The molecule has 2 aromatic carbocycles. The van der Waals surface area contributed by atoms with Crippen LogP contribution in [-0.2, 0) is 17.9 Å². The maximum absolute atomic E-state index is 12.7. The van der Waals surface area contributed by atoms with E-state index in [4.69, 9.17) is 5.26 Å². The van der Waals surface area contributed by atoms with Crippen LogP contribution in [0, 0.1) is 11.3 Å². The van der Waals surface area contributed by atoms with Crippen LogP contribution in [0.2, 0.25) is 0 Å². The summed E-state index contributed by atoms with van der Waals surface area (Å²) in [6, 6.07) is 21.2. The zero-order valence-corrected chi connectivity index (χ0v) is 14.7. The van der Waals surface area contributed by atoms with E-state index >= 15 is 0 Å². The van der Waals surface area contributed by atoms with E-state index in [1.807, 2.05) is 66.7 Å². The molecule has 0 unspecified atom stereocenters. The van der Waals surface area contributed by atoms with Gasteiger partial charge in [-0.3, -0.25) is 4.79 Å². The van der Waals surface area contributed by atoms with Crippen LogP contribution in [0.5, 0.6) is 0 Å². The van der Waals surface area contributed by atoms with Crippen molar-refractivity contribution in [2.24, 2.45) is 0 Å². The van der Waals surface area contributed by atoms with Crippen LogP contribution in [0.1, 0.15) is 30.4 Å². The van der Waals surface area contributed by atoms with Crippen LogP contribution < -0.4 is 0 Å². The van der Waals surface area contributed by atoms with Crippen molar-refractivity contribution in [3.8, 4) is 6.07 Å². The molecule has 5 nitrogen and oxygen atoms in total. The van der Waals surface area contributed by atoms with E-state index in [1.54, 1.807) is 4.90 Å². The molecule has 0 spiro atoms. The first-order chi connectivity index (χ1) is 12.6. The number of carbonyl (C=O) groups excluding carboxylic acids is 1. The molecule has 0 bridgehead atoms. The lowest BCUT2D eigenvalue weighted by Gasteiger charge is -2.25. The number of nitrogens with zero attached hydrogens (tertiary/aromatic N) is 2. The van der Waals surface area contributed by atoms with E-state index in [9.17, 15) is 15.0 Å². The van der Waals surface area contributed by atoms with Gasteiger partial charge in [0.2, 0.25) is 5.91 Å². The zero-order chi connectivity index (χ0) is 18.8. The Morgan fingerprint density at radius 1 is 0.923 bits per heavy atom. The van der Waals surface area contributed by atoms with Gasteiger partial charge in [-0.1, -0.05) is 60.7 Å². The van der Waals surface area contributed by atoms with Crippen LogP contribution in [0.4, 0.5) is 0 Å². The van der Waals surface area contributed by atoms with Crippen molar-refractivity contribution in [1.29, 1.82) is 5.26 Å². The Labute approximate surface area is 154 Å². The summed E-state index contributed by atoms with van der Waals surface area (Å²) in [4.78, 5) is 14.4. The summed E-state index contributed by atoms with van der Waals surface area (Å²) in [5.74, 6) is -0.186. The Hall–Kier alpha value is -2.68. The number of nitriles is 1. The highest BCUT2D eigenvalue weighted by Crippen LogP contribution is 2.14. The minimum atomic E-state index is -0.972. The number of aliphatic hydroxyl groups excluding tert-OH is 2. The lowest BCUT2D eigenvalue weighted by atomic mass is 10.1. The average molecular weight is 352 g/mol. The van der Waals surface area contributed by atoms with E-state index in [2.05, 4.69) is 0 Å². The van der Waals surface area contributed by atoms with Gasteiger partial charge in [-0.2, -0.15) is 5.26 Å². The maximum atomic E-state index is 12.7. The van der Waals surface area contributed by atoms with Crippen LogP contribution >= 0.6 is 0 Å². The van der Waals surface area contributed by atoms with Crippen LogP contribution in [0.25, 0.3) is 0 Å². The molecule has 0 aliphatic heterocycles. The molecule has 136 valence electrons. The Morgan fingerprint density at radius 2 is 1.42 bits per heavy atom. The fourth-order valence-electron chi connectivity index (χ4n) is 2.76. The second-order valence-electron chi connectivity index (χ2n) is 6.33. The van der Waals surface area contributed by atoms with Crippen molar-refractivity contribution in [3.63, 3.8) is 0 Å². The molecular weight excluding hydrogens is 328 g/mol. The highest BCUT2D eigenvalue weighted by molar-refractivity contribution is 5.76. The van der Waals surface area contributed by atoms with Gasteiger partial charge < -0.3 is 15.1 Å². The quantitative estimate of drug-likeness (QED) is 0.726. The Kier molecular flexibility index (Phi) is 7.81. The zero-order valence-electron chi connectivity index (χ0n) is 14.7. The lowest BCUT2D eigenvalue weighted by Crippen LogP contribution is -2.33. The highest BCUT2D eigenvalue weighted by Gasteiger charge is 2.20. The summed E-state index contributed by atoms with van der Waals surface area (Å²) in [5.41, 5.74) is 2.02. The monoisotopic (exact) mass is 352 g/mol. The summed E-state index contributed by atoms with van der Waals surface area (Å²) < 4.78 is 0. The third kappa shape index (κ3) is 6.67. The molecule has 26 heavy (non-hydrogen) atoms. The molecular formula is C21H24N2O3. The molecule has 0 radical (unpaired) electrons. The van der Waals surface area contributed by atoms with E-state index < -0.39 is 12.2 Å². The fourth-order valence-corrected chi connectivity index (χ4v) is 2.76. The smallest absolute Gasteiger partial charge is 0.225 e. The van der Waals surface area contributed by atoms with Crippen molar-refractivity contribution < 1.29 is 15.0 Å². The second kappa shape index (κ2) is 10.3. The van der Waals surface area contributed by atoms with Gasteiger partial charge in [0.05, 0.1) is 31.1 Å². The third-order valence-electron chi connectivity index (χ3n) is 4.07.